The number of aliphatic hydroxyl groups excluding tert-OH is 1. The molecule has 1 aliphatic rings. The van der Waals surface area contributed by atoms with Gasteiger partial charge >= 0.3 is 0 Å². The zero-order chi connectivity index (χ0) is 11.8. The molecule has 0 aliphatic heterocycles. The predicted octanol–water partition coefficient (Wildman–Crippen LogP) is 2.55. The van der Waals surface area contributed by atoms with Crippen LogP contribution in [0.2, 0.25) is 0 Å². The fraction of sp³-hybridized carbons (Fsp3) is 0.357. The highest BCUT2D eigenvalue weighted by atomic mass is 16.3. The van der Waals surface area contributed by atoms with Gasteiger partial charge in [0.25, 0.3) is 0 Å². The van der Waals surface area contributed by atoms with Gasteiger partial charge in [-0.25, -0.2) is 4.98 Å². The highest BCUT2D eigenvalue weighted by molar-refractivity contribution is 5.36. The van der Waals surface area contributed by atoms with Crippen molar-refractivity contribution in [2.75, 3.05) is 0 Å². The number of aromatic nitrogens is 2. The molecule has 0 spiro atoms. The number of hydrogen-bond acceptors (Lipinski definition) is 2. The number of fused-ring (bicyclic) bond motifs is 1. The monoisotopic (exact) mass is 228 g/mol. The highest BCUT2D eigenvalue weighted by Crippen LogP contribution is 2.31. The summed E-state index contributed by atoms with van der Waals surface area (Å²) in [6.45, 7) is 2.03. The van der Waals surface area contributed by atoms with Crippen LogP contribution in [-0.2, 0) is 6.42 Å². The van der Waals surface area contributed by atoms with Crippen molar-refractivity contribution in [2.45, 2.75) is 32.3 Å². The van der Waals surface area contributed by atoms with Gasteiger partial charge < -0.3 is 9.67 Å². The molecule has 3 nitrogen and oxygen atoms in total. The van der Waals surface area contributed by atoms with Gasteiger partial charge in [-0.1, -0.05) is 6.07 Å². The van der Waals surface area contributed by atoms with E-state index in [9.17, 15) is 5.11 Å². The van der Waals surface area contributed by atoms with E-state index in [0.29, 0.717) is 0 Å². The maximum atomic E-state index is 9.93. The summed E-state index contributed by atoms with van der Waals surface area (Å²) in [5.41, 5.74) is 3.44. The highest BCUT2D eigenvalue weighted by Gasteiger charge is 2.21. The summed E-state index contributed by atoms with van der Waals surface area (Å²) in [6, 6.07) is 6.10. The molecule has 2 aromatic rings. The van der Waals surface area contributed by atoms with Gasteiger partial charge in [0.1, 0.15) is 5.82 Å². The van der Waals surface area contributed by atoms with Crippen molar-refractivity contribution >= 4 is 0 Å². The number of rotatable bonds is 1. The molecule has 2 aromatic heterocycles. The van der Waals surface area contributed by atoms with Crippen molar-refractivity contribution in [2.24, 2.45) is 0 Å². The largest absolute Gasteiger partial charge is 0.388 e. The van der Waals surface area contributed by atoms with Gasteiger partial charge in [-0.3, -0.25) is 0 Å². The molecule has 1 N–H and O–H groups in total. The van der Waals surface area contributed by atoms with E-state index in [4.69, 9.17) is 0 Å². The third-order valence-electron chi connectivity index (χ3n) is 3.42. The average molecular weight is 228 g/mol. The second-order valence-corrected chi connectivity index (χ2v) is 4.69. The Hall–Kier alpha value is -1.61. The molecule has 0 saturated carbocycles. The molecule has 1 unspecified atom stereocenters. The lowest BCUT2D eigenvalue weighted by Gasteiger charge is -2.19. The van der Waals surface area contributed by atoms with Gasteiger partial charge in [0, 0.05) is 23.7 Å². The van der Waals surface area contributed by atoms with Crippen LogP contribution in [0.3, 0.4) is 0 Å². The summed E-state index contributed by atoms with van der Waals surface area (Å²) < 4.78 is 2.09. The molecule has 0 aromatic carbocycles. The first-order chi connectivity index (χ1) is 8.25. The van der Waals surface area contributed by atoms with Crippen LogP contribution in [0.4, 0.5) is 0 Å². The summed E-state index contributed by atoms with van der Waals surface area (Å²) in [5.74, 6) is 0.936. The Morgan fingerprint density at radius 3 is 3.00 bits per heavy atom. The Morgan fingerprint density at radius 1 is 1.35 bits per heavy atom. The first-order valence-electron chi connectivity index (χ1n) is 6.07. The van der Waals surface area contributed by atoms with Crippen molar-refractivity contribution in [3.63, 3.8) is 0 Å². The molecule has 0 radical (unpaired) electrons. The number of aliphatic hydroxyl groups is 1. The Balaban J connectivity index is 2.07. The Bertz CT molecular complexity index is 528. The second kappa shape index (κ2) is 4.00. The first-order valence-corrected chi connectivity index (χ1v) is 6.07. The fourth-order valence-electron chi connectivity index (χ4n) is 2.48. The van der Waals surface area contributed by atoms with E-state index in [1.54, 1.807) is 0 Å². The minimum Gasteiger partial charge on any atom is -0.388 e. The van der Waals surface area contributed by atoms with Crippen LogP contribution >= 0.6 is 0 Å². The summed E-state index contributed by atoms with van der Waals surface area (Å²) in [5, 5.41) is 9.93. The third-order valence-corrected chi connectivity index (χ3v) is 3.42. The van der Waals surface area contributed by atoms with Crippen LogP contribution < -0.4 is 0 Å². The first kappa shape index (κ1) is 10.5. The van der Waals surface area contributed by atoms with Crippen LogP contribution in [-0.4, -0.2) is 14.7 Å². The maximum absolute atomic E-state index is 9.93. The number of pyridine rings is 1. The topological polar surface area (TPSA) is 38.0 Å². The standard InChI is InChI=1S/C14H16N2O/c1-10-5-6-14(15-9-10)16-8-7-11-12(16)3-2-4-13(11)17/h5-9,13,17H,2-4H2,1H3. The molecule has 0 amide bonds. The van der Waals surface area contributed by atoms with Crippen molar-refractivity contribution in [3.05, 3.63) is 47.4 Å². The molecular formula is C14H16N2O. The van der Waals surface area contributed by atoms with E-state index in [1.165, 1.54) is 5.69 Å². The molecule has 88 valence electrons. The molecule has 0 saturated heterocycles. The van der Waals surface area contributed by atoms with Gasteiger partial charge in [-0.05, 0) is 43.9 Å². The molecule has 0 bridgehead atoms. The van der Waals surface area contributed by atoms with Crippen LogP contribution in [0, 0.1) is 6.92 Å². The summed E-state index contributed by atoms with van der Waals surface area (Å²) in [7, 11) is 0. The Morgan fingerprint density at radius 2 is 2.24 bits per heavy atom. The zero-order valence-electron chi connectivity index (χ0n) is 9.93. The average Bonchev–Trinajstić information content (AvgIpc) is 2.75. The normalized spacial score (nSPS) is 19.1. The fourth-order valence-corrected chi connectivity index (χ4v) is 2.48. The van der Waals surface area contributed by atoms with Crippen LogP contribution in [0.5, 0.6) is 0 Å². The maximum Gasteiger partial charge on any atom is 0.136 e. The van der Waals surface area contributed by atoms with E-state index in [-0.39, 0.29) is 6.10 Å². The number of hydrogen-bond donors (Lipinski definition) is 1. The van der Waals surface area contributed by atoms with Crippen LogP contribution in [0.25, 0.3) is 5.82 Å². The molecule has 1 aliphatic carbocycles. The van der Waals surface area contributed by atoms with Gasteiger partial charge in [0.15, 0.2) is 0 Å². The van der Waals surface area contributed by atoms with Crippen LogP contribution in [0.15, 0.2) is 30.6 Å². The predicted molar refractivity (Wildman–Crippen MR) is 66.2 cm³/mol. The molecule has 17 heavy (non-hydrogen) atoms. The summed E-state index contributed by atoms with van der Waals surface area (Å²) in [4.78, 5) is 4.44. The number of aryl methyl sites for hydroxylation is 1. The van der Waals surface area contributed by atoms with E-state index in [2.05, 4.69) is 15.6 Å². The lowest BCUT2D eigenvalue weighted by Crippen LogP contribution is -2.11. The summed E-state index contributed by atoms with van der Waals surface area (Å²) >= 11 is 0. The van der Waals surface area contributed by atoms with E-state index < -0.39 is 0 Å². The number of nitrogens with zero attached hydrogens (tertiary/aromatic N) is 2. The van der Waals surface area contributed by atoms with Gasteiger partial charge in [0.2, 0.25) is 0 Å². The third kappa shape index (κ3) is 1.76. The Kier molecular flexibility index (Phi) is 2.48. The minimum absolute atomic E-state index is 0.301. The van der Waals surface area contributed by atoms with Crippen molar-refractivity contribution in [1.29, 1.82) is 0 Å². The van der Waals surface area contributed by atoms with Gasteiger partial charge in [-0.2, -0.15) is 0 Å². The van der Waals surface area contributed by atoms with Crippen molar-refractivity contribution in [3.8, 4) is 5.82 Å². The molecule has 1 atom stereocenters. The van der Waals surface area contributed by atoms with Crippen LogP contribution in [0.1, 0.15) is 35.8 Å². The smallest absolute Gasteiger partial charge is 0.136 e. The van der Waals surface area contributed by atoms with E-state index in [1.807, 2.05) is 31.5 Å². The molecule has 2 heterocycles. The molecule has 3 rings (SSSR count). The lowest BCUT2D eigenvalue weighted by molar-refractivity contribution is 0.156. The molecular weight excluding hydrogens is 212 g/mol. The van der Waals surface area contributed by atoms with E-state index >= 15 is 0 Å². The minimum atomic E-state index is -0.301. The lowest BCUT2D eigenvalue weighted by atomic mass is 9.95. The molecule has 3 heteroatoms. The van der Waals surface area contributed by atoms with E-state index in [0.717, 1.165) is 36.2 Å². The zero-order valence-corrected chi connectivity index (χ0v) is 9.93. The van der Waals surface area contributed by atoms with Crippen molar-refractivity contribution < 1.29 is 5.11 Å². The quantitative estimate of drug-likeness (QED) is 0.814. The SMILES string of the molecule is Cc1ccc(-n2ccc3c2CCCC3O)nc1. The second-order valence-electron chi connectivity index (χ2n) is 4.69. The van der Waals surface area contributed by atoms with Crippen molar-refractivity contribution in [1.82, 2.24) is 9.55 Å². The summed E-state index contributed by atoms with van der Waals surface area (Å²) in [6.07, 6.45) is 6.53. The Labute approximate surface area is 101 Å². The van der Waals surface area contributed by atoms with Gasteiger partial charge in [0.05, 0.1) is 6.10 Å². The molecule has 0 fully saturated rings. The van der Waals surface area contributed by atoms with Gasteiger partial charge in [-0.15, -0.1) is 0 Å².